The summed E-state index contributed by atoms with van der Waals surface area (Å²) in [5.41, 5.74) is 0.577. The van der Waals surface area contributed by atoms with E-state index in [0.717, 1.165) is 31.4 Å². The fourth-order valence-corrected chi connectivity index (χ4v) is 2.82. The summed E-state index contributed by atoms with van der Waals surface area (Å²) < 4.78 is 22.0. The van der Waals surface area contributed by atoms with Gasteiger partial charge in [0, 0.05) is 5.57 Å². The zero-order chi connectivity index (χ0) is 24.3. The number of benzene rings is 2. The van der Waals surface area contributed by atoms with E-state index >= 15 is 0 Å². The summed E-state index contributed by atoms with van der Waals surface area (Å²) in [5, 5.41) is 0. The lowest BCUT2D eigenvalue weighted by atomic mass is 10.2. The van der Waals surface area contributed by atoms with Crippen LogP contribution in [0.2, 0.25) is 0 Å². The Labute approximate surface area is 196 Å². The molecule has 0 aliphatic heterocycles. The van der Waals surface area contributed by atoms with Crippen molar-refractivity contribution in [3.8, 4) is 17.2 Å². The van der Waals surface area contributed by atoms with Gasteiger partial charge in [-0.2, -0.15) is 0 Å². The zero-order valence-electron chi connectivity index (χ0n) is 20.0. The average molecular weight is 455 g/mol. The van der Waals surface area contributed by atoms with Crippen LogP contribution in [0, 0.1) is 0 Å². The molecule has 0 aliphatic rings. The Morgan fingerprint density at radius 2 is 1.33 bits per heavy atom. The molecule has 0 saturated heterocycles. The minimum Gasteiger partial charge on any atom is -0.494 e. The van der Waals surface area contributed by atoms with Gasteiger partial charge < -0.3 is 18.9 Å². The Balaban J connectivity index is 1.67. The molecule has 0 amide bonds. The van der Waals surface area contributed by atoms with Gasteiger partial charge in [0.1, 0.15) is 22.8 Å². The molecule has 0 bridgehead atoms. The van der Waals surface area contributed by atoms with Crippen molar-refractivity contribution >= 4 is 11.9 Å². The lowest BCUT2D eigenvalue weighted by molar-refractivity contribution is -0.139. The second-order valence-electron chi connectivity index (χ2n) is 8.78. The maximum absolute atomic E-state index is 12.4. The molecular formula is C27H34O6. The number of carbonyl (C=O) groups excluding carboxylic acids is 2. The van der Waals surface area contributed by atoms with E-state index < -0.39 is 5.97 Å². The zero-order valence-corrected chi connectivity index (χ0v) is 20.0. The molecule has 0 spiro atoms. The molecule has 2 rings (SSSR count). The van der Waals surface area contributed by atoms with E-state index in [9.17, 15) is 9.59 Å². The van der Waals surface area contributed by atoms with Crippen LogP contribution in [0.15, 0.2) is 60.7 Å². The number of unbranched alkanes of at least 4 members (excludes halogenated alkanes) is 3. The molecule has 178 valence electrons. The minimum atomic E-state index is -0.432. The van der Waals surface area contributed by atoms with Crippen LogP contribution in [-0.2, 0) is 9.53 Å². The summed E-state index contributed by atoms with van der Waals surface area (Å²) in [6.45, 7) is 12.1. The molecule has 2 aromatic carbocycles. The van der Waals surface area contributed by atoms with Crippen LogP contribution in [-0.4, -0.2) is 30.8 Å². The molecule has 0 aromatic heterocycles. The molecule has 2 aromatic rings. The first-order chi connectivity index (χ1) is 15.6. The van der Waals surface area contributed by atoms with Crippen molar-refractivity contribution in [1.29, 1.82) is 0 Å². The van der Waals surface area contributed by atoms with Gasteiger partial charge in [-0.3, -0.25) is 0 Å². The van der Waals surface area contributed by atoms with Gasteiger partial charge in [0.2, 0.25) is 0 Å². The summed E-state index contributed by atoms with van der Waals surface area (Å²) in [6, 6.07) is 13.9. The molecule has 0 unspecified atom stereocenters. The van der Waals surface area contributed by atoms with E-state index in [1.165, 1.54) is 0 Å². The van der Waals surface area contributed by atoms with Crippen molar-refractivity contribution in [3.05, 3.63) is 66.2 Å². The molecule has 0 aliphatic carbocycles. The van der Waals surface area contributed by atoms with Gasteiger partial charge in [0.15, 0.2) is 0 Å². The molecular weight excluding hydrogens is 420 g/mol. The highest BCUT2D eigenvalue weighted by Gasteiger charge is 2.13. The van der Waals surface area contributed by atoms with Crippen LogP contribution in [0.5, 0.6) is 17.2 Å². The van der Waals surface area contributed by atoms with Gasteiger partial charge in [0.25, 0.3) is 0 Å². The maximum Gasteiger partial charge on any atom is 0.343 e. The van der Waals surface area contributed by atoms with Gasteiger partial charge >= 0.3 is 11.9 Å². The Hall–Kier alpha value is -3.28. The number of hydrogen-bond donors (Lipinski definition) is 0. The predicted molar refractivity (Wildman–Crippen MR) is 128 cm³/mol. The van der Waals surface area contributed by atoms with Crippen LogP contribution in [0.3, 0.4) is 0 Å². The third kappa shape index (κ3) is 10.3. The standard InChI is InChI=1S/C27H34O6/c1-20(2)25(28)31-19-9-7-6-8-18-30-22-12-10-21(11-13-22)26(29)32-23-14-16-24(17-15-23)33-27(3,4)5/h10-17H,1,6-9,18-19H2,2-5H3. The maximum atomic E-state index is 12.4. The summed E-state index contributed by atoms with van der Waals surface area (Å²) >= 11 is 0. The molecule has 0 radical (unpaired) electrons. The Kier molecular flexibility index (Phi) is 9.98. The number of hydrogen-bond acceptors (Lipinski definition) is 6. The van der Waals surface area contributed by atoms with Crippen molar-refractivity contribution < 1.29 is 28.5 Å². The predicted octanol–water partition coefficient (Wildman–Crippen LogP) is 6.14. The number of esters is 2. The van der Waals surface area contributed by atoms with Crippen molar-refractivity contribution in [2.24, 2.45) is 0 Å². The second-order valence-corrected chi connectivity index (χ2v) is 8.78. The van der Waals surface area contributed by atoms with E-state index in [4.69, 9.17) is 18.9 Å². The van der Waals surface area contributed by atoms with E-state index in [2.05, 4.69) is 6.58 Å². The second kappa shape index (κ2) is 12.7. The topological polar surface area (TPSA) is 71.1 Å². The van der Waals surface area contributed by atoms with Gasteiger partial charge in [-0.1, -0.05) is 6.58 Å². The Morgan fingerprint density at radius 1 is 0.788 bits per heavy atom. The first-order valence-electron chi connectivity index (χ1n) is 11.2. The number of carbonyl (C=O) groups is 2. The first-order valence-corrected chi connectivity index (χ1v) is 11.2. The Morgan fingerprint density at radius 3 is 1.91 bits per heavy atom. The van der Waals surface area contributed by atoms with E-state index in [-0.39, 0.29) is 11.6 Å². The van der Waals surface area contributed by atoms with Crippen LogP contribution in [0.1, 0.15) is 63.7 Å². The molecule has 0 N–H and O–H groups in total. The quantitative estimate of drug-likeness (QED) is 0.166. The summed E-state index contributed by atoms with van der Waals surface area (Å²) in [7, 11) is 0. The van der Waals surface area contributed by atoms with Gasteiger partial charge in [-0.05, 0) is 102 Å². The fourth-order valence-electron chi connectivity index (χ4n) is 2.82. The third-order valence-corrected chi connectivity index (χ3v) is 4.44. The smallest absolute Gasteiger partial charge is 0.343 e. The fraction of sp³-hybridized carbons (Fsp3) is 0.407. The summed E-state index contributed by atoms with van der Waals surface area (Å²) in [6.07, 6.45) is 3.66. The molecule has 0 atom stereocenters. The van der Waals surface area contributed by atoms with Crippen LogP contribution in [0.4, 0.5) is 0 Å². The van der Waals surface area contributed by atoms with Crippen molar-refractivity contribution in [2.45, 2.75) is 59.0 Å². The highest BCUT2D eigenvalue weighted by molar-refractivity contribution is 5.91. The highest BCUT2D eigenvalue weighted by atomic mass is 16.5. The van der Waals surface area contributed by atoms with Gasteiger partial charge in [-0.15, -0.1) is 0 Å². The first kappa shape index (κ1) is 26.0. The average Bonchev–Trinajstić information content (AvgIpc) is 2.76. The Bertz CT molecular complexity index is 907. The van der Waals surface area contributed by atoms with Crippen LogP contribution in [0.25, 0.3) is 0 Å². The van der Waals surface area contributed by atoms with E-state index in [1.54, 1.807) is 55.5 Å². The molecule has 0 heterocycles. The molecule has 33 heavy (non-hydrogen) atoms. The summed E-state index contributed by atoms with van der Waals surface area (Å²) in [4.78, 5) is 23.6. The normalized spacial score (nSPS) is 10.9. The van der Waals surface area contributed by atoms with Gasteiger partial charge in [-0.25, -0.2) is 9.59 Å². The largest absolute Gasteiger partial charge is 0.494 e. The van der Waals surface area contributed by atoms with Crippen molar-refractivity contribution in [1.82, 2.24) is 0 Å². The van der Waals surface area contributed by atoms with Crippen molar-refractivity contribution in [3.63, 3.8) is 0 Å². The molecule has 6 nitrogen and oxygen atoms in total. The summed E-state index contributed by atoms with van der Waals surface area (Å²) in [5.74, 6) is 1.10. The minimum absolute atomic E-state index is 0.289. The van der Waals surface area contributed by atoms with Crippen molar-refractivity contribution in [2.75, 3.05) is 13.2 Å². The van der Waals surface area contributed by atoms with Crippen LogP contribution < -0.4 is 14.2 Å². The van der Waals surface area contributed by atoms with Crippen LogP contribution >= 0.6 is 0 Å². The van der Waals surface area contributed by atoms with E-state index in [0.29, 0.717) is 35.8 Å². The molecule has 0 saturated carbocycles. The van der Waals surface area contributed by atoms with E-state index in [1.807, 2.05) is 20.8 Å². The lowest BCUT2D eigenvalue weighted by Crippen LogP contribution is -2.22. The third-order valence-electron chi connectivity index (χ3n) is 4.44. The number of rotatable bonds is 12. The molecule has 6 heteroatoms. The monoisotopic (exact) mass is 454 g/mol. The lowest BCUT2D eigenvalue weighted by Gasteiger charge is -2.21. The highest BCUT2D eigenvalue weighted by Crippen LogP contribution is 2.22. The number of ether oxygens (including phenoxy) is 4. The molecule has 0 fully saturated rings. The SMILES string of the molecule is C=C(C)C(=O)OCCCCCCOc1ccc(C(=O)Oc2ccc(OC(C)(C)C)cc2)cc1. The van der Waals surface area contributed by atoms with Gasteiger partial charge in [0.05, 0.1) is 18.8 Å².